The van der Waals surface area contributed by atoms with Gasteiger partial charge in [0.1, 0.15) is 13.2 Å². The van der Waals surface area contributed by atoms with Crippen LogP contribution in [-0.4, -0.2) is 37.2 Å². The Morgan fingerprint density at radius 3 is 1.00 bits per heavy atom. The van der Waals surface area contributed by atoms with Crippen molar-refractivity contribution in [1.82, 2.24) is 0 Å². The van der Waals surface area contributed by atoms with Gasteiger partial charge < -0.3 is 14.2 Å². The van der Waals surface area contributed by atoms with Crippen LogP contribution in [0.5, 0.6) is 0 Å². The maximum Gasteiger partial charge on any atom is 0.306 e. The summed E-state index contributed by atoms with van der Waals surface area (Å²) in [5.41, 5.74) is 0. The molecule has 0 heterocycles. The Morgan fingerprint density at radius 1 is 0.385 bits per heavy atom. The molecule has 2 unspecified atom stereocenters. The minimum Gasteiger partial charge on any atom is -0.462 e. The van der Waals surface area contributed by atoms with Crippen molar-refractivity contribution in [3.63, 3.8) is 0 Å². The number of unbranched alkanes of at least 4 members (excludes halogenated alkanes) is 20. The van der Waals surface area contributed by atoms with Crippen molar-refractivity contribution in [2.45, 2.75) is 247 Å². The van der Waals surface area contributed by atoms with Crippen molar-refractivity contribution >= 4 is 17.9 Å². The average Bonchev–Trinajstić information content (AvgIpc) is 3.12. The molecule has 0 amide bonds. The largest absolute Gasteiger partial charge is 0.462 e. The number of carbonyl (C=O) groups excluding carboxylic acids is 3. The van der Waals surface area contributed by atoms with Crippen molar-refractivity contribution < 1.29 is 28.6 Å². The molecule has 0 aromatic carbocycles. The number of ether oxygens (including phenoxy) is 3. The lowest BCUT2D eigenvalue weighted by molar-refractivity contribution is -0.167. The second-order valence-corrected chi connectivity index (χ2v) is 16.6. The number of esters is 3. The molecule has 0 N–H and O–H groups in total. The molecule has 0 aromatic heterocycles. The van der Waals surface area contributed by atoms with Gasteiger partial charge in [-0.2, -0.15) is 0 Å². The molecule has 308 valence electrons. The minimum absolute atomic E-state index is 0.0673. The molecule has 0 radical (unpaired) electrons. The highest BCUT2D eigenvalue weighted by atomic mass is 16.6. The van der Waals surface area contributed by atoms with Gasteiger partial charge in [-0.1, -0.05) is 202 Å². The van der Waals surface area contributed by atoms with Crippen LogP contribution in [-0.2, 0) is 28.6 Å². The third kappa shape index (κ3) is 36.8. The van der Waals surface area contributed by atoms with E-state index < -0.39 is 6.10 Å². The van der Waals surface area contributed by atoms with Crippen LogP contribution in [0.4, 0.5) is 0 Å². The summed E-state index contributed by atoms with van der Waals surface area (Å²) in [6, 6.07) is 0. The predicted octanol–water partition coefficient (Wildman–Crippen LogP) is 14.0. The summed E-state index contributed by atoms with van der Waals surface area (Å²) in [4.78, 5) is 37.7. The topological polar surface area (TPSA) is 78.9 Å². The molecule has 0 aliphatic carbocycles. The Hall–Kier alpha value is -1.59. The van der Waals surface area contributed by atoms with Gasteiger partial charge in [0.2, 0.25) is 0 Å². The van der Waals surface area contributed by atoms with Crippen LogP contribution < -0.4 is 0 Å². The molecule has 0 aliphatic rings. The summed E-state index contributed by atoms with van der Waals surface area (Å²) in [6.07, 6.45) is 33.8. The lowest BCUT2D eigenvalue weighted by Gasteiger charge is -2.18. The lowest BCUT2D eigenvalue weighted by Crippen LogP contribution is -2.30. The van der Waals surface area contributed by atoms with Gasteiger partial charge in [-0.15, -0.1) is 0 Å². The third-order valence-electron chi connectivity index (χ3n) is 10.9. The van der Waals surface area contributed by atoms with Crippen molar-refractivity contribution in [3.05, 3.63) is 0 Å². The summed E-state index contributed by atoms with van der Waals surface area (Å²) < 4.78 is 16.7. The molecular formula is C46H88O6. The van der Waals surface area contributed by atoms with Gasteiger partial charge in [-0.05, 0) is 37.0 Å². The highest BCUT2D eigenvalue weighted by Crippen LogP contribution is 2.17. The minimum atomic E-state index is -0.762. The fourth-order valence-corrected chi connectivity index (χ4v) is 6.64. The zero-order chi connectivity index (χ0) is 38.5. The molecule has 52 heavy (non-hydrogen) atoms. The molecule has 0 saturated heterocycles. The van der Waals surface area contributed by atoms with E-state index in [1.807, 2.05) is 0 Å². The standard InChI is InChI=1S/C46H88O6/c1-7-41(5)33-27-21-16-18-24-30-36-45(48)51-39-43(52-46(49)37-31-25-19-17-22-28-34-42(6)8-2)38-50-44(47)35-29-23-15-13-11-9-10-12-14-20-26-32-40(3)4/h40-43H,7-39H2,1-6H3/t41?,42?,43-/m0/s1. The highest BCUT2D eigenvalue weighted by molar-refractivity contribution is 5.71. The molecule has 6 heteroatoms. The van der Waals surface area contributed by atoms with Gasteiger partial charge in [-0.25, -0.2) is 0 Å². The third-order valence-corrected chi connectivity index (χ3v) is 10.9. The normalized spacial score (nSPS) is 13.2. The maximum atomic E-state index is 12.7. The molecule has 0 aromatic rings. The Morgan fingerprint density at radius 2 is 0.673 bits per heavy atom. The van der Waals surface area contributed by atoms with Crippen molar-refractivity contribution in [1.29, 1.82) is 0 Å². The molecule has 0 rings (SSSR count). The number of hydrogen-bond donors (Lipinski definition) is 0. The van der Waals surface area contributed by atoms with Gasteiger partial charge in [0.25, 0.3) is 0 Å². The molecule has 0 aliphatic heterocycles. The van der Waals surface area contributed by atoms with E-state index in [1.54, 1.807) is 0 Å². The molecule has 0 spiro atoms. The molecule has 6 nitrogen and oxygen atoms in total. The molecular weight excluding hydrogens is 648 g/mol. The second kappa shape index (κ2) is 37.7. The first-order valence-electron chi connectivity index (χ1n) is 22.7. The molecule has 3 atom stereocenters. The van der Waals surface area contributed by atoms with Crippen LogP contribution in [0.2, 0.25) is 0 Å². The highest BCUT2D eigenvalue weighted by Gasteiger charge is 2.19. The Bertz CT molecular complexity index is 811. The Labute approximate surface area is 323 Å². The van der Waals surface area contributed by atoms with E-state index >= 15 is 0 Å². The van der Waals surface area contributed by atoms with E-state index in [0.29, 0.717) is 19.3 Å². The fourth-order valence-electron chi connectivity index (χ4n) is 6.64. The Kier molecular flexibility index (Phi) is 36.6. The first-order valence-corrected chi connectivity index (χ1v) is 22.7. The van der Waals surface area contributed by atoms with Crippen LogP contribution in [0.15, 0.2) is 0 Å². The van der Waals surface area contributed by atoms with Gasteiger partial charge in [0, 0.05) is 19.3 Å². The van der Waals surface area contributed by atoms with Gasteiger partial charge in [-0.3, -0.25) is 14.4 Å². The van der Waals surface area contributed by atoms with Crippen LogP contribution in [0.3, 0.4) is 0 Å². The van der Waals surface area contributed by atoms with Crippen LogP contribution >= 0.6 is 0 Å². The van der Waals surface area contributed by atoms with Crippen LogP contribution in [0.25, 0.3) is 0 Å². The molecule has 0 fully saturated rings. The van der Waals surface area contributed by atoms with Crippen molar-refractivity contribution in [2.24, 2.45) is 17.8 Å². The number of rotatable bonds is 39. The predicted molar refractivity (Wildman–Crippen MR) is 219 cm³/mol. The first-order chi connectivity index (χ1) is 25.2. The van der Waals surface area contributed by atoms with Gasteiger partial charge in [0.05, 0.1) is 0 Å². The maximum absolute atomic E-state index is 12.7. The number of hydrogen-bond acceptors (Lipinski definition) is 6. The quantitative estimate of drug-likeness (QED) is 0.0355. The Balaban J connectivity index is 4.34. The summed E-state index contributed by atoms with van der Waals surface area (Å²) >= 11 is 0. The van der Waals surface area contributed by atoms with Crippen LogP contribution in [0.1, 0.15) is 241 Å². The smallest absolute Gasteiger partial charge is 0.306 e. The van der Waals surface area contributed by atoms with E-state index in [-0.39, 0.29) is 31.1 Å². The molecule has 0 bridgehead atoms. The second-order valence-electron chi connectivity index (χ2n) is 16.6. The van der Waals surface area contributed by atoms with E-state index in [2.05, 4.69) is 41.5 Å². The average molecular weight is 737 g/mol. The van der Waals surface area contributed by atoms with E-state index in [0.717, 1.165) is 75.5 Å². The summed E-state index contributed by atoms with van der Waals surface area (Å²) in [5, 5.41) is 0. The molecule has 0 saturated carbocycles. The van der Waals surface area contributed by atoms with Crippen LogP contribution in [0, 0.1) is 17.8 Å². The van der Waals surface area contributed by atoms with Gasteiger partial charge >= 0.3 is 17.9 Å². The van der Waals surface area contributed by atoms with Crippen molar-refractivity contribution in [2.75, 3.05) is 13.2 Å². The fraction of sp³-hybridized carbons (Fsp3) is 0.935. The van der Waals surface area contributed by atoms with E-state index in [1.165, 1.54) is 122 Å². The summed E-state index contributed by atoms with van der Waals surface area (Å²) in [7, 11) is 0. The first kappa shape index (κ1) is 50.4. The van der Waals surface area contributed by atoms with Crippen molar-refractivity contribution in [3.8, 4) is 0 Å². The summed E-state index contributed by atoms with van der Waals surface area (Å²) in [5.74, 6) is 1.58. The monoisotopic (exact) mass is 737 g/mol. The summed E-state index contributed by atoms with van der Waals surface area (Å²) in [6.45, 7) is 13.6. The van der Waals surface area contributed by atoms with E-state index in [4.69, 9.17) is 14.2 Å². The number of carbonyl (C=O) groups is 3. The van der Waals surface area contributed by atoms with Gasteiger partial charge in [0.15, 0.2) is 6.10 Å². The zero-order valence-electron chi connectivity index (χ0n) is 35.6. The lowest BCUT2D eigenvalue weighted by atomic mass is 10.00. The zero-order valence-corrected chi connectivity index (χ0v) is 35.6. The van der Waals surface area contributed by atoms with E-state index in [9.17, 15) is 14.4 Å². The SMILES string of the molecule is CCC(C)CCCCCCCCC(=O)OC[C@H](COC(=O)CCCCCCCCCCCCCC(C)C)OC(=O)CCCCCCCCC(C)CC.